The van der Waals surface area contributed by atoms with Crippen molar-refractivity contribution in [3.63, 3.8) is 0 Å². The van der Waals surface area contributed by atoms with Crippen LogP contribution in [0.5, 0.6) is 0 Å². The van der Waals surface area contributed by atoms with E-state index < -0.39 is 0 Å². The minimum atomic E-state index is -0.0133. The first kappa shape index (κ1) is 13.7. The highest BCUT2D eigenvalue weighted by Gasteiger charge is 2.01. The molecule has 0 N–H and O–H groups in total. The summed E-state index contributed by atoms with van der Waals surface area (Å²) in [5.74, 6) is -0.0133. The maximum atomic E-state index is 11.1. The van der Waals surface area contributed by atoms with Gasteiger partial charge in [0.1, 0.15) is 0 Å². The summed E-state index contributed by atoms with van der Waals surface area (Å²) in [6.07, 6.45) is 7.95. The fourth-order valence-corrected chi connectivity index (χ4v) is 1.66. The van der Waals surface area contributed by atoms with Crippen LogP contribution in [0.2, 0.25) is 6.04 Å². The molecule has 0 aliphatic carbocycles. The average molecular weight is 214 g/mol. The van der Waals surface area contributed by atoms with E-state index in [0.29, 0.717) is 16.2 Å². The van der Waals surface area contributed by atoms with Gasteiger partial charge in [0, 0.05) is 6.42 Å². The largest absolute Gasteiger partial charge is 0.516 e. The van der Waals surface area contributed by atoms with E-state index in [-0.39, 0.29) is 5.97 Å². The van der Waals surface area contributed by atoms with Crippen molar-refractivity contribution < 1.29 is 9.22 Å². The number of rotatable bonds is 9. The zero-order valence-electron chi connectivity index (χ0n) is 9.47. The summed E-state index contributed by atoms with van der Waals surface area (Å²) in [4.78, 5) is 11.1. The maximum Gasteiger partial charge on any atom is 0.314 e. The molecule has 0 unspecified atom stereocenters. The normalized spacial score (nSPS) is 10.1. The molecule has 0 saturated heterocycles. The zero-order chi connectivity index (χ0) is 10.6. The van der Waals surface area contributed by atoms with E-state index in [1.807, 2.05) is 6.92 Å². The summed E-state index contributed by atoms with van der Waals surface area (Å²) < 4.78 is 5.01. The molecular formula is C11H22O2Si. The van der Waals surface area contributed by atoms with Gasteiger partial charge >= 0.3 is 9.76 Å². The van der Waals surface area contributed by atoms with Crippen LogP contribution in [0.15, 0.2) is 0 Å². The summed E-state index contributed by atoms with van der Waals surface area (Å²) in [5.41, 5.74) is 0. The van der Waals surface area contributed by atoms with E-state index in [9.17, 15) is 4.79 Å². The SMILES string of the molecule is CCCCCCCCC(=O)O[Si]CC. The van der Waals surface area contributed by atoms with Crippen LogP contribution in [-0.4, -0.2) is 15.7 Å². The van der Waals surface area contributed by atoms with E-state index in [0.717, 1.165) is 12.5 Å². The van der Waals surface area contributed by atoms with Gasteiger partial charge in [0.2, 0.25) is 0 Å². The highest BCUT2D eigenvalue weighted by molar-refractivity contribution is 6.30. The van der Waals surface area contributed by atoms with Crippen molar-refractivity contribution in [2.24, 2.45) is 0 Å². The summed E-state index contributed by atoms with van der Waals surface area (Å²) in [5, 5.41) is 0. The molecule has 0 aromatic rings. The van der Waals surface area contributed by atoms with Crippen LogP contribution in [0.3, 0.4) is 0 Å². The highest BCUT2D eigenvalue weighted by Crippen LogP contribution is 2.07. The van der Waals surface area contributed by atoms with Gasteiger partial charge in [0.15, 0.2) is 0 Å². The second-order valence-corrected chi connectivity index (χ2v) is 4.69. The predicted octanol–water partition coefficient (Wildman–Crippen LogP) is 3.34. The van der Waals surface area contributed by atoms with Crippen molar-refractivity contribution >= 4 is 15.7 Å². The van der Waals surface area contributed by atoms with E-state index in [4.69, 9.17) is 4.43 Å². The first-order valence-corrected chi connectivity index (χ1v) is 6.85. The lowest BCUT2D eigenvalue weighted by Gasteiger charge is -2.02. The Morgan fingerprint density at radius 2 is 1.71 bits per heavy atom. The highest BCUT2D eigenvalue weighted by atomic mass is 28.2. The molecule has 0 aliphatic rings. The van der Waals surface area contributed by atoms with Gasteiger partial charge in [-0.1, -0.05) is 46.0 Å². The minimum Gasteiger partial charge on any atom is -0.516 e. The van der Waals surface area contributed by atoms with Crippen molar-refractivity contribution in [1.82, 2.24) is 0 Å². The van der Waals surface area contributed by atoms with E-state index in [1.54, 1.807) is 0 Å². The molecule has 0 spiro atoms. The fourth-order valence-electron chi connectivity index (χ4n) is 1.25. The van der Waals surface area contributed by atoms with Gasteiger partial charge in [0.25, 0.3) is 5.97 Å². The van der Waals surface area contributed by atoms with Crippen molar-refractivity contribution in [3.8, 4) is 0 Å². The summed E-state index contributed by atoms with van der Waals surface area (Å²) >= 11 is 0. The zero-order valence-corrected chi connectivity index (χ0v) is 10.5. The smallest absolute Gasteiger partial charge is 0.314 e. The molecule has 0 saturated carbocycles. The fraction of sp³-hybridized carbons (Fsp3) is 0.909. The molecule has 14 heavy (non-hydrogen) atoms. The molecule has 2 radical (unpaired) electrons. The van der Waals surface area contributed by atoms with Gasteiger partial charge in [-0.3, -0.25) is 4.79 Å². The van der Waals surface area contributed by atoms with Gasteiger partial charge in [0.05, 0.1) is 0 Å². The van der Waals surface area contributed by atoms with Crippen LogP contribution in [0.4, 0.5) is 0 Å². The van der Waals surface area contributed by atoms with Crippen molar-refractivity contribution in [2.45, 2.75) is 64.8 Å². The Morgan fingerprint density at radius 1 is 1.07 bits per heavy atom. The lowest BCUT2D eigenvalue weighted by molar-refractivity contribution is -0.134. The Labute approximate surface area is 90.4 Å². The summed E-state index contributed by atoms with van der Waals surface area (Å²) in [7, 11) is 0.358. The van der Waals surface area contributed by atoms with Crippen molar-refractivity contribution in [2.75, 3.05) is 0 Å². The van der Waals surface area contributed by atoms with E-state index >= 15 is 0 Å². The predicted molar refractivity (Wildman–Crippen MR) is 60.3 cm³/mol. The number of carbonyl (C=O) groups excluding carboxylic acids is 1. The van der Waals surface area contributed by atoms with Gasteiger partial charge in [-0.15, -0.1) is 0 Å². The minimum absolute atomic E-state index is 0.0133. The molecule has 2 nitrogen and oxygen atoms in total. The summed E-state index contributed by atoms with van der Waals surface area (Å²) in [6, 6.07) is 0.947. The molecule has 0 atom stereocenters. The molecule has 0 rings (SSSR count). The van der Waals surface area contributed by atoms with Gasteiger partial charge in [-0.2, -0.15) is 0 Å². The average Bonchev–Trinajstić information content (AvgIpc) is 2.20. The van der Waals surface area contributed by atoms with Gasteiger partial charge in [-0.05, 0) is 12.5 Å². The standard InChI is InChI=1S/C11H22O2Si/c1-3-5-6-7-8-9-10-11(12)13-14-4-2/h3-10H2,1-2H3. The lowest BCUT2D eigenvalue weighted by Crippen LogP contribution is -2.07. The van der Waals surface area contributed by atoms with Crippen LogP contribution >= 0.6 is 0 Å². The first-order chi connectivity index (χ1) is 6.81. The van der Waals surface area contributed by atoms with Crippen molar-refractivity contribution in [3.05, 3.63) is 0 Å². The molecule has 0 aromatic carbocycles. The topological polar surface area (TPSA) is 26.3 Å². The monoisotopic (exact) mass is 214 g/mol. The van der Waals surface area contributed by atoms with Crippen LogP contribution < -0.4 is 0 Å². The maximum absolute atomic E-state index is 11.1. The Hall–Kier alpha value is -0.313. The molecule has 0 aliphatic heterocycles. The molecule has 0 amide bonds. The van der Waals surface area contributed by atoms with E-state index in [1.165, 1.54) is 32.1 Å². The quantitative estimate of drug-likeness (QED) is 0.434. The molecule has 0 bridgehead atoms. The van der Waals surface area contributed by atoms with Crippen molar-refractivity contribution in [1.29, 1.82) is 0 Å². The summed E-state index contributed by atoms with van der Waals surface area (Å²) in [6.45, 7) is 4.24. The number of carbonyl (C=O) groups is 1. The molecule has 0 heterocycles. The molecule has 0 aromatic heterocycles. The Balaban J connectivity index is 3.07. The van der Waals surface area contributed by atoms with Crippen LogP contribution in [0.1, 0.15) is 58.8 Å². The Kier molecular flexibility index (Phi) is 10.5. The number of hydrogen-bond acceptors (Lipinski definition) is 2. The molecule has 82 valence electrons. The molecular weight excluding hydrogens is 192 g/mol. The van der Waals surface area contributed by atoms with E-state index in [2.05, 4.69) is 6.92 Å². The second-order valence-electron chi connectivity index (χ2n) is 3.49. The van der Waals surface area contributed by atoms with Gasteiger partial charge < -0.3 is 4.43 Å². The Bertz CT molecular complexity index is 137. The third-order valence-electron chi connectivity index (χ3n) is 2.06. The van der Waals surface area contributed by atoms with Crippen LogP contribution in [0, 0.1) is 0 Å². The van der Waals surface area contributed by atoms with Gasteiger partial charge in [-0.25, -0.2) is 0 Å². The number of hydrogen-bond donors (Lipinski definition) is 0. The van der Waals surface area contributed by atoms with Crippen LogP contribution in [-0.2, 0) is 9.22 Å². The van der Waals surface area contributed by atoms with Crippen LogP contribution in [0.25, 0.3) is 0 Å². The second kappa shape index (κ2) is 10.8. The first-order valence-electron chi connectivity index (χ1n) is 5.73. The molecule has 3 heteroatoms. The third kappa shape index (κ3) is 9.77. The Morgan fingerprint density at radius 3 is 2.36 bits per heavy atom. The third-order valence-corrected chi connectivity index (χ3v) is 2.73. The lowest BCUT2D eigenvalue weighted by atomic mass is 10.1. The molecule has 0 fully saturated rings. The number of unbranched alkanes of at least 4 members (excludes halogenated alkanes) is 5.